The van der Waals surface area contributed by atoms with Gasteiger partial charge in [0.2, 0.25) is 0 Å². The number of ether oxygens (including phenoxy) is 1. The first-order valence-corrected chi connectivity index (χ1v) is 10.2. The molecule has 0 saturated carbocycles. The molecule has 0 spiro atoms. The quantitative estimate of drug-likeness (QED) is 0.702. The van der Waals surface area contributed by atoms with Crippen LogP contribution in [0.5, 0.6) is 0 Å². The number of aromatic nitrogens is 1. The van der Waals surface area contributed by atoms with Gasteiger partial charge in [-0.2, -0.15) is 0 Å². The second-order valence-electron chi connectivity index (χ2n) is 7.53. The Labute approximate surface area is 168 Å². The summed E-state index contributed by atoms with van der Waals surface area (Å²) in [5.74, 6) is 0.977. The zero-order chi connectivity index (χ0) is 19.1. The van der Waals surface area contributed by atoms with E-state index in [0.717, 1.165) is 34.6 Å². The Hall–Kier alpha value is -2.08. The van der Waals surface area contributed by atoms with Crippen molar-refractivity contribution in [1.29, 1.82) is 0 Å². The van der Waals surface area contributed by atoms with E-state index in [1.807, 2.05) is 19.1 Å². The third-order valence-corrected chi connectivity index (χ3v) is 6.09. The first kappa shape index (κ1) is 18.3. The lowest BCUT2D eigenvalue weighted by Gasteiger charge is -2.32. The third kappa shape index (κ3) is 3.55. The molecule has 1 aromatic carbocycles. The molecule has 0 N–H and O–H groups in total. The van der Waals surface area contributed by atoms with Crippen molar-refractivity contribution in [2.24, 2.45) is 0 Å². The number of carbonyl (C=O) groups is 1. The summed E-state index contributed by atoms with van der Waals surface area (Å²) in [5.41, 5.74) is 4.28. The molecule has 27 heavy (non-hydrogen) atoms. The number of anilines is 1. The number of rotatable bonds is 4. The van der Waals surface area contributed by atoms with E-state index in [1.165, 1.54) is 17.5 Å². The lowest BCUT2D eigenvalue weighted by Crippen LogP contribution is -2.38. The van der Waals surface area contributed by atoms with Crippen LogP contribution in [0.25, 0.3) is 0 Å². The zero-order valence-corrected chi connectivity index (χ0v) is 17.5. The molecule has 2 atom stereocenters. The van der Waals surface area contributed by atoms with E-state index in [2.05, 4.69) is 52.9 Å². The minimum absolute atomic E-state index is 0.0555. The molecule has 5 nitrogen and oxygen atoms in total. The largest absolute Gasteiger partial charge is 0.439 e. The number of hydrogen-bond acceptors (Lipinski definition) is 4. The van der Waals surface area contributed by atoms with Gasteiger partial charge in [0.25, 0.3) is 0 Å². The fourth-order valence-electron chi connectivity index (χ4n) is 3.80. The molecule has 2 aliphatic rings. The second kappa shape index (κ2) is 7.15. The fourth-order valence-corrected chi connectivity index (χ4v) is 4.15. The van der Waals surface area contributed by atoms with Gasteiger partial charge in [0.05, 0.1) is 18.3 Å². The van der Waals surface area contributed by atoms with E-state index in [9.17, 15) is 4.79 Å². The Kier molecular flexibility index (Phi) is 4.84. The summed E-state index contributed by atoms with van der Waals surface area (Å²) >= 11 is 3.59. The molecule has 142 valence electrons. The summed E-state index contributed by atoms with van der Waals surface area (Å²) in [6.45, 7) is 8.70. The molecule has 3 heterocycles. The molecule has 0 aliphatic carbocycles. The van der Waals surface area contributed by atoms with Crippen LogP contribution in [0.2, 0.25) is 0 Å². The highest BCUT2D eigenvalue weighted by molar-refractivity contribution is 9.10. The van der Waals surface area contributed by atoms with Crippen molar-refractivity contribution in [2.75, 3.05) is 18.0 Å². The molecular formula is C21H24BrN3O2. The van der Waals surface area contributed by atoms with Crippen molar-refractivity contribution in [2.45, 2.75) is 45.9 Å². The standard InChI is InChI=1S/C21H24BrN3O2/c1-13-9-14(2)11-16(10-13)20-15(3)25(21(26)27-20)12-18-17(22)5-6-19(23-18)24-7-4-8-24/h5-6,9-11,15,20H,4,7-8,12H2,1-3H3/t15-,20-/m0/s1. The van der Waals surface area contributed by atoms with E-state index in [0.29, 0.717) is 6.54 Å². The maximum Gasteiger partial charge on any atom is 0.411 e. The molecule has 0 unspecified atom stereocenters. The minimum Gasteiger partial charge on any atom is -0.439 e. The number of pyridine rings is 1. The van der Waals surface area contributed by atoms with Gasteiger partial charge in [-0.05, 0) is 60.8 Å². The predicted octanol–water partition coefficient (Wildman–Crippen LogP) is 4.75. The number of cyclic esters (lactones) is 1. The monoisotopic (exact) mass is 429 g/mol. The summed E-state index contributed by atoms with van der Waals surface area (Å²) in [5, 5.41) is 0. The number of benzene rings is 1. The van der Waals surface area contributed by atoms with Crippen LogP contribution >= 0.6 is 15.9 Å². The number of halogens is 1. The Bertz CT molecular complexity index is 861. The highest BCUT2D eigenvalue weighted by Gasteiger charge is 2.40. The van der Waals surface area contributed by atoms with Crippen LogP contribution in [0.4, 0.5) is 10.6 Å². The third-order valence-electron chi connectivity index (χ3n) is 5.37. The zero-order valence-electron chi connectivity index (χ0n) is 15.9. The summed E-state index contributed by atoms with van der Waals surface area (Å²) in [7, 11) is 0. The Balaban J connectivity index is 1.57. The molecule has 2 aromatic rings. The summed E-state index contributed by atoms with van der Waals surface area (Å²) in [4.78, 5) is 21.4. The van der Waals surface area contributed by atoms with Gasteiger partial charge in [0, 0.05) is 17.6 Å². The molecule has 2 aliphatic heterocycles. The van der Waals surface area contributed by atoms with Crippen LogP contribution in [0.3, 0.4) is 0 Å². The maximum absolute atomic E-state index is 12.6. The van der Waals surface area contributed by atoms with Gasteiger partial charge in [0.1, 0.15) is 11.9 Å². The predicted molar refractivity (Wildman–Crippen MR) is 109 cm³/mol. The van der Waals surface area contributed by atoms with Gasteiger partial charge >= 0.3 is 6.09 Å². The van der Waals surface area contributed by atoms with E-state index in [1.54, 1.807) is 4.90 Å². The Morgan fingerprint density at radius 2 is 1.89 bits per heavy atom. The van der Waals surface area contributed by atoms with Gasteiger partial charge in [0.15, 0.2) is 0 Å². The summed E-state index contributed by atoms with van der Waals surface area (Å²) in [6, 6.07) is 10.3. The van der Waals surface area contributed by atoms with E-state index in [-0.39, 0.29) is 18.2 Å². The smallest absolute Gasteiger partial charge is 0.411 e. The first-order valence-electron chi connectivity index (χ1n) is 9.38. The number of aryl methyl sites for hydroxylation is 2. The van der Waals surface area contributed by atoms with Crippen LogP contribution in [-0.2, 0) is 11.3 Å². The molecule has 0 radical (unpaired) electrons. The average molecular weight is 430 g/mol. The fraction of sp³-hybridized carbons (Fsp3) is 0.429. The summed E-state index contributed by atoms with van der Waals surface area (Å²) in [6.07, 6.45) is 0.670. The minimum atomic E-state index is -0.283. The van der Waals surface area contributed by atoms with Crippen molar-refractivity contribution in [3.63, 3.8) is 0 Å². The van der Waals surface area contributed by atoms with Crippen molar-refractivity contribution < 1.29 is 9.53 Å². The lowest BCUT2D eigenvalue weighted by molar-refractivity contribution is 0.130. The Morgan fingerprint density at radius 1 is 1.19 bits per heavy atom. The normalized spacial score (nSPS) is 22.0. The van der Waals surface area contributed by atoms with Crippen LogP contribution in [0.1, 0.15) is 41.8 Å². The van der Waals surface area contributed by atoms with E-state index in [4.69, 9.17) is 9.72 Å². The van der Waals surface area contributed by atoms with Crippen LogP contribution in [-0.4, -0.2) is 35.1 Å². The molecule has 2 fully saturated rings. The molecule has 6 heteroatoms. The van der Waals surface area contributed by atoms with Crippen molar-refractivity contribution in [3.05, 3.63) is 57.2 Å². The lowest BCUT2D eigenvalue weighted by atomic mass is 9.99. The van der Waals surface area contributed by atoms with Crippen LogP contribution in [0.15, 0.2) is 34.8 Å². The molecule has 4 rings (SSSR count). The van der Waals surface area contributed by atoms with Gasteiger partial charge in [-0.1, -0.05) is 29.3 Å². The van der Waals surface area contributed by atoms with E-state index >= 15 is 0 Å². The number of carbonyl (C=O) groups excluding carboxylic acids is 1. The Morgan fingerprint density at radius 3 is 2.52 bits per heavy atom. The van der Waals surface area contributed by atoms with Crippen LogP contribution in [0, 0.1) is 13.8 Å². The molecule has 1 amide bonds. The average Bonchev–Trinajstić information content (AvgIpc) is 2.83. The topological polar surface area (TPSA) is 45.7 Å². The second-order valence-corrected chi connectivity index (χ2v) is 8.39. The van der Waals surface area contributed by atoms with Crippen molar-refractivity contribution in [3.8, 4) is 0 Å². The molecule has 0 bridgehead atoms. The highest BCUT2D eigenvalue weighted by Crippen LogP contribution is 2.35. The molecule has 2 saturated heterocycles. The number of amides is 1. The van der Waals surface area contributed by atoms with Gasteiger partial charge < -0.3 is 9.64 Å². The van der Waals surface area contributed by atoms with Gasteiger partial charge in [-0.15, -0.1) is 0 Å². The summed E-state index contributed by atoms with van der Waals surface area (Å²) < 4.78 is 6.66. The highest BCUT2D eigenvalue weighted by atomic mass is 79.9. The first-order chi connectivity index (χ1) is 12.9. The molecule has 1 aromatic heterocycles. The SMILES string of the molecule is Cc1cc(C)cc([C@H]2OC(=O)N(Cc3nc(N4CCC4)ccc3Br)[C@H]2C)c1. The van der Waals surface area contributed by atoms with Crippen LogP contribution < -0.4 is 4.90 Å². The number of hydrogen-bond donors (Lipinski definition) is 0. The molecular weight excluding hydrogens is 406 g/mol. The van der Waals surface area contributed by atoms with E-state index < -0.39 is 0 Å². The maximum atomic E-state index is 12.6. The van der Waals surface area contributed by atoms with Crippen molar-refractivity contribution in [1.82, 2.24) is 9.88 Å². The van der Waals surface area contributed by atoms with Gasteiger partial charge in [-0.25, -0.2) is 9.78 Å². The number of nitrogens with zero attached hydrogens (tertiary/aromatic N) is 3. The van der Waals surface area contributed by atoms with Gasteiger partial charge in [-0.3, -0.25) is 4.90 Å². The van der Waals surface area contributed by atoms with Crippen molar-refractivity contribution >= 4 is 27.8 Å².